The van der Waals surface area contributed by atoms with Gasteiger partial charge in [0.05, 0.1) is 4.47 Å². The molecule has 1 N–H and O–H groups in total. The summed E-state index contributed by atoms with van der Waals surface area (Å²) < 4.78 is 6.74. The second-order valence-corrected chi connectivity index (χ2v) is 9.85. The molecule has 0 aromatic heterocycles. The van der Waals surface area contributed by atoms with E-state index in [0.717, 1.165) is 20.8 Å². The highest BCUT2D eigenvalue weighted by molar-refractivity contribution is 9.10. The van der Waals surface area contributed by atoms with Crippen molar-refractivity contribution < 1.29 is 14.3 Å². The molecule has 0 heterocycles. The molecule has 0 saturated heterocycles. The minimum atomic E-state index is -0.597. The SMILES string of the molecule is CC[C@@H](C(=O)NC(C)(C)C)N(Cc1ccccc1)C(=O)COc1ccc2ccccc2c1Br. The summed E-state index contributed by atoms with van der Waals surface area (Å²) in [5.74, 6) is 0.185. The molecule has 0 spiro atoms. The smallest absolute Gasteiger partial charge is 0.261 e. The van der Waals surface area contributed by atoms with Crippen LogP contribution in [0.25, 0.3) is 10.8 Å². The molecular weight excluding hydrogens is 480 g/mol. The molecule has 0 bridgehead atoms. The molecule has 5 nitrogen and oxygen atoms in total. The molecule has 33 heavy (non-hydrogen) atoms. The fraction of sp³-hybridized carbons (Fsp3) is 0.333. The van der Waals surface area contributed by atoms with Crippen LogP contribution >= 0.6 is 15.9 Å². The van der Waals surface area contributed by atoms with Crippen molar-refractivity contribution in [1.82, 2.24) is 10.2 Å². The largest absolute Gasteiger partial charge is 0.483 e. The van der Waals surface area contributed by atoms with Crippen LogP contribution in [0.1, 0.15) is 39.7 Å². The first-order valence-electron chi connectivity index (χ1n) is 11.1. The van der Waals surface area contributed by atoms with Gasteiger partial charge in [-0.25, -0.2) is 0 Å². The summed E-state index contributed by atoms with van der Waals surface area (Å²) in [6.07, 6.45) is 0.500. The Kier molecular flexibility index (Phi) is 8.14. The Morgan fingerprint density at radius 1 is 1.00 bits per heavy atom. The fourth-order valence-electron chi connectivity index (χ4n) is 3.70. The molecule has 2 amide bonds. The zero-order chi connectivity index (χ0) is 24.0. The summed E-state index contributed by atoms with van der Waals surface area (Å²) in [4.78, 5) is 28.0. The van der Waals surface area contributed by atoms with Crippen LogP contribution in [0.2, 0.25) is 0 Å². The van der Waals surface area contributed by atoms with Gasteiger partial charge in [0, 0.05) is 12.1 Å². The summed E-state index contributed by atoms with van der Waals surface area (Å²) in [5.41, 5.74) is 0.568. The van der Waals surface area contributed by atoms with E-state index in [2.05, 4.69) is 21.2 Å². The molecule has 3 rings (SSSR count). The zero-order valence-corrected chi connectivity index (χ0v) is 21.2. The van der Waals surface area contributed by atoms with Crippen LogP contribution in [0.3, 0.4) is 0 Å². The molecular formula is C27H31BrN2O3. The van der Waals surface area contributed by atoms with Gasteiger partial charge >= 0.3 is 0 Å². The molecule has 0 fully saturated rings. The molecule has 0 radical (unpaired) electrons. The van der Waals surface area contributed by atoms with Gasteiger partial charge in [-0.3, -0.25) is 9.59 Å². The number of hydrogen-bond acceptors (Lipinski definition) is 3. The maximum Gasteiger partial charge on any atom is 0.261 e. The number of ether oxygens (including phenoxy) is 1. The zero-order valence-electron chi connectivity index (χ0n) is 19.6. The van der Waals surface area contributed by atoms with Crippen molar-refractivity contribution in [1.29, 1.82) is 0 Å². The number of carbonyl (C=O) groups excluding carboxylic acids is 2. The fourth-order valence-corrected chi connectivity index (χ4v) is 4.31. The molecule has 6 heteroatoms. The Balaban J connectivity index is 1.82. The highest BCUT2D eigenvalue weighted by atomic mass is 79.9. The third-order valence-corrected chi connectivity index (χ3v) is 6.08. The number of halogens is 1. The van der Waals surface area contributed by atoms with E-state index in [9.17, 15) is 9.59 Å². The van der Waals surface area contributed by atoms with Gasteiger partial charge in [-0.1, -0.05) is 67.6 Å². The van der Waals surface area contributed by atoms with Crippen LogP contribution in [0, 0.1) is 0 Å². The summed E-state index contributed by atoms with van der Waals surface area (Å²) in [6, 6.07) is 20.9. The molecule has 0 aliphatic carbocycles. The first-order chi connectivity index (χ1) is 15.7. The third-order valence-electron chi connectivity index (χ3n) is 5.26. The second kappa shape index (κ2) is 10.8. The third kappa shape index (κ3) is 6.57. The number of fused-ring (bicyclic) bond motifs is 1. The monoisotopic (exact) mass is 510 g/mol. The van der Waals surface area contributed by atoms with Gasteiger partial charge in [0.2, 0.25) is 5.91 Å². The van der Waals surface area contributed by atoms with Crippen LogP contribution in [-0.4, -0.2) is 34.9 Å². The molecule has 174 valence electrons. The lowest BCUT2D eigenvalue weighted by atomic mass is 10.1. The maximum atomic E-state index is 13.4. The number of hydrogen-bond donors (Lipinski definition) is 1. The molecule has 0 aliphatic heterocycles. The molecule has 1 atom stereocenters. The Morgan fingerprint density at radius 3 is 2.33 bits per heavy atom. The number of rotatable bonds is 8. The van der Waals surface area contributed by atoms with Crippen LogP contribution in [0.15, 0.2) is 71.2 Å². The molecule has 0 unspecified atom stereocenters. The van der Waals surface area contributed by atoms with E-state index in [-0.39, 0.29) is 18.4 Å². The quantitative estimate of drug-likeness (QED) is 0.422. The molecule has 3 aromatic rings. The molecule has 0 saturated carbocycles. The van der Waals surface area contributed by atoms with Crippen LogP contribution in [-0.2, 0) is 16.1 Å². The lowest BCUT2D eigenvalue weighted by molar-refractivity contribution is -0.143. The van der Waals surface area contributed by atoms with Gasteiger partial charge in [-0.05, 0) is 65.5 Å². The first kappa shape index (κ1) is 24.8. The van der Waals surface area contributed by atoms with E-state index in [1.54, 1.807) is 4.90 Å². The van der Waals surface area contributed by atoms with Crippen LogP contribution < -0.4 is 10.1 Å². The number of carbonyl (C=O) groups is 2. The van der Waals surface area contributed by atoms with E-state index in [1.807, 2.05) is 94.4 Å². The molecule has 3 aromatic carbocycles. The predicted octanol–water partition coefficient (Wildman–Crippen LogP) is 5.70. The van der Waals surface area contributed by atoms with Crippen molar-refractivity contribution in [3.05, 3.63) is 76.8 Å². The lowest BCUT2D eigenvalue weighted by Gasteiger charge is -2.33. The van der Waals surface area contributed by atoms with Crippen LogP contribution in [0.5, 0.6) is 5.75 Å². The summed E-state index contributed by atoms with van der Waals surface area (Å²) >= 11 is 3.61. The van der Waals surface area contributed by atoms with Gasteiger partial charge in [0.15, 0.2) is 6.61 Å². The Hall–Kier alpha value is -2.86. The highest BCUT2D eigenvalue weighted by Gasteiger charge is 2.31. The maximum absolute atomic E-state index is 13.4. The minimum Gasteiger partial charge on any atom is -0.483 e. The van der Waals surface area contributed by atoms with Gasteiger partial charge in [0.25, 0.3) is 5.91 Å². The van der Waals surface area contributed by atoms with Crippen molar-refractivity contribution in [3.8, 4) is 5.75 Å². The van der Waals surface area contributed by atoms with Crippen molar-refractivity contribution in [3.63, 3.8) is 0 Å². The Labute approximate surface area is 204 Å². The highest BCUT2D eigenvalue weighted by Crippen LogP contribution is 2.33. The van der Waals surface area contributed by atoms with Crippen LogP contribution in [0.4, 0.5) is 0 Å². The van der Waals surface area contributed by atoms with E-state index in [0.29, 0.717) is 18.7 Å². The van der Waals surface area contributed by atoms with E-state index in [4.69, 9.17) is 4.74 Å². The minimum absolute atomic E-state index is 0.164. The number of nitrogens with zero attached hydrogens (tertiary/aromatic N) is 1. The van der Waals surface area contributed by atoms with Crippen molar-refractivity contribution in [2.24, 2.45) is 0 Å². The average Bonchev–Trinajstić information content (AvgIpc) is 2.78. The van der Waals surface area contributed by atoms with Gasteiger partial charge in [-0.2, -0.15) is 0 Å². The second-order valence-electron chi connectivity index (χ2n) is 9.06. The van der Waals surface area contributed by atoms with Gasteiger partial charge in [0.1, 0.15) is 11.8 Å². The normalized spacial score (nSPS) is 12.3. The van der Waals surface area contributed by atoms with E-state index >= 15 is 0 Å². The van der Waals surface area contributed by atoms with Crippen molar-refractivity contribution in [2.45, 2.75) is 52.2 Å². The van der Waals surface area contributed by atoms with Crippen molar-refractivity contribution in [2.75, 3.05) is 6.61 Å². The Bertz CT molecular complexity index is 1110. The standard InChI is InChI=1S/C27H31BrN2O3/c1-5-22(26(32)29-27(2,3)4)30(17-19-11-7-6-8-12-19)24(31)18-33-23-16-15-20-13-9-10-14-21(20)25(23)28/h6-16,22H,5,17-18H2,1-4H3,(H,29,32)/t22-/m0/s1. The van der Waals surface area contributed by atoms with Gasteiger partial charge < -0.3 is 15.0 Å². The van der Waals surface area contributed by atoms with E-state index in [1.165, 1.54) is 0 Å². The predicted molar refractivity (Wildman–Crippen MR) is 136 cm³/mol. The summed E-state index contributed by atoms with van der Waals surface area (Å²) in [6.45, 7) is 7.88. The summed E-state index contributed by atoms with van der Waals surface area (Å²) in [5, 5.41) is 5.11. The Morgan fingerprint density at radius 2 is 1.67 bits per heavy atom. The summed E-state index contributed by atoms with van der Waals surface area (Å²) in [7, 11) is 0. The first-order valence-corrected chi connectivity index (χ1v) is 11.9. The number of nitrogens with one attached hydrogen (secondary N) is 1. The van der Waals surface area contributed by atoms with Crippen molar-refractivity contribution >= 4 is 38.5 Å². The van der Waals surface area contributed by atoms with E-state index < -0.39 is 11.6 Å². The average molecular weight is 511 g/mol. The number of amides is 2. The topological polar surface area (TPSA) is 58.6 Å². The molecule has 0 aliphatic rings. The van der Waals surface area contributed by atoms with Gasteiger partial charge in [-0.15, -0.1) is 0 Å². The lowest BCUT2D eigenvalue weighted by Crippen LogP contribution is -2.54. The number of benzene rings is 3.